The molecule has 0 saturated carbocycles. The van der Waals surface area contributed by atoms with Gasteiger partial charge in [-0.3, -0.25) is 9.69 Å². The molecule has 0 radical (unpaired) electrons. The molecule has 1 aromatic heterocycles. The zero-order valence-corrected chi connectivity index (χ0v) is 15.4. The summed E-state index contributed by atoms with van der Waals surface area (Å²) in [6, 6.07) is 12.4. The van der Waals surface area contributed by atoms with E-state index in [9.17, 15) is 9.90 Å². The second kappa shape index (κ2) is 7.68. The molecular formula is C21H24N2O4. The van der Waals surface area contributed by atoms with Gasteiger partial charge < -0.3 is 19.2 Å². The van der Waals surface area contributed by atoms with Gasteiger partial charge in [0.2, 0.25) is 5.43 Å². The summed E-state index contributed by atoms with van der Waals surface area (Å²) in [5.74, 6) is 0.558. The van der Waals surface area contributed by atoms with Gasteiger partial charge in [0.05, 0.1) is 10.8 Å². The Labute approximate surface area is 157 Å². The van der Waals surface area contributed by atoms with Crippen LogP contribution in [0.15, 0.2) is 51.7 Å². The lowest BCUT2D eigenvalue weighted by molar-refractivity contribution is 0.0505. The van der Waals surface area contributed by atoms with E-state index < -0.39 is 6.10 Å². The predicted octanol–water partition coefficient (Wildman–Crippen LogP) is 1.93. The van der Waals surface area contributed by atoms with Crippen molar-refractivity contribution in [1.82, 2.24) is 9.80 Å². The van der Waals surface area contributed by atoms with Gasteiger partial charge in [0, 0.05) is 32.7 Å². The molecule has 2 aromatic carbocycles. The molecule has 2 heterocycles. The number of para-hydroxylation sites is 1. The minimum Gasteiger partial charge on any atom is -0.491 e. The van der Waals surface area contributed by atoms with Crippen molar-refractivity contribution in [2.45, 2.75) is 6.10 Å². The van der Waals surface area contributed by atoms with E-state index >= 15 is 0 Å². The van der Waals surface area contributed by atoms with E-state index in [1.165, 1.54) is 0 Å². The van der Waals surface area contributed by atoms with Crippen molar-refractivity contribution in [3.63, 3.8) is 0 Å². The van der Waals surface area contributed by atoms with Crippen LogP contribution in [0.1, 0.15) is 0 Å². The van der Waals surface area contributed by atoms with E-state index in [1.807, 2.05) is 12.1 Å². The third-order valence-electron chi connectivity index (χ3n) is 5.05. The highest BCUT2D eigenvalue weighted by Gasteiger charge is 2.17. The SMILES string of the molecule is CN1CCN(CC(O)COc2ccc3oc4ccccc4c(=O)c3c2)CC1. The second-order valence-electron chi connectivity index (χ2n) is 7.15. The number of β-amino-alcohol motifs (C(OH)–C–C–N with tert-alkyl or cyclic N) is 1. The van der Waals surface area contributed by atoms with Gasteiger partial charge in [-0.05, 0) is 37.4 Å². The van der Waals surface area contributed by atoms with Crippen molar-refractivity contribution in [3.05, 3.63) is 52.7 Å². The van der Waals surface area contributed by atoms with Gasteiger partial charge >= 0.3 is 0 Å². The number of aliphatic hydroxyl groups is 1. The van der Waals surface area contributed by atoms with E-state index in [0.717, 1.165) is 26.2 Å². The number of likely N-dealkylation sites (N-methyl/N-ethyl adjacent to an activating group) is 1. The van der Waals surface area contributed by atoms with Crippen molar-refractivity contribution in [2.24, 2.45) is 0 Å². The highest BCUT2D eigenvalue weighted by molar-refractivity contribution is 5.90. The normalized spacial score (nSPS) is 17.4. The van der Waals surface area contributed by atoms with Crippen LogP contribution in [0, 0.1) is 0 Å². The Morgan fingerprint density at radius 2 is 1.81 bits per heavy atom. The first kappa shape index (κ1) is 18.0. The fraction of sp³-hybridized carbons (Fsp3) is 0.381. The standard InChI is InChI=1S/C21H24N2O4/c1-22-8-10-23(11-9-22)13-15(24)14-26-16-6-7-20-18(12-16)21(25)17-4-2-3-5-19(17)27-20/h2-7,12,15,24H,8-11,13-14H2,1H3. The van der Waals surface area contributed by atoms with E-state index in [1.54, 1.807) is 30.3 Å². The number of aliphatic hydroxyl groups excluding tert-OH is 1. The number of hydrogen-bond donors (Lipinski definition) is 1. The predicted molar refractivity (Wildman–Crippen MR) is 105 cm³/mol. The van der Waals surface area contributed by atoms with Gasteiger partial charge in [-0.25, -0.2) is 0 Å². The van der Waals surface area contributed by atoms with E-state index in [-0.39, 0.29) is 12.0 Å². The van der Waals surface area contributed by atoms with Gasteiger partial charge in [-0.1, -0.05) is 12.1 Å². The van der Waals surface area contributed by atoms with Gasteiger partial charge in [0.25, 0.3) is 0 Å². The van der Waals surface area contributed by atoms with Crippen LogP contribution in [0.4, 0.5) is 0 Å². The summed E-state index contributed by atoms with van der Waals surface area (Å²) < 4.78 is 11.5. The summed E-state index contributed by atoms with van der Waals surface area (Å²) in [4.78, 5) is 17.2. The summed E-state index contributed by atoms with van der Waals surface area (Å²) in [5.41, 5.74) is 1.03. The first-order valence-electron chi connectivity index (χ1n) is 9.27. The molecule has 0 aliphatic carbocycles. The maximum Gasteiger partial charge on any atom is 0.200 e. The summed E-state index contributed by atoms with van der Waals surface area (Å²) in [6.07, 6.45) is -0.572. The van der Waals surface area contributed by atoms with Gasteiger partial charge in [0.1, 0.15) is 29.6 Å². The van der Waals surface area contributed by atoms with Crippen LogP contribution in [-0.4, -0.2) is 67.4 Å². The number of nitrogens with zero attached hydrogens (tertiary/aromatic N) is 2. The third kappa shape index (κ3) is 3.98. The summed E-state index contributed by atoms with van der Waals surface area (Å²) in [5, 5.41) is 11.3. The van der Waals surface area contributed by atoms with Gasteiger partial charge in [-0.15, -0.1) is 0 Å². The lowest BCUT2D eigenvalue weighted by Gasteiger charge is -2.33. The quantitative estimate of drug-likeness (QED) is 0.695. The molecule has 1 fully saturated rings. The maximum absolute atomic E-state index is 12.7. The molecule has 1 aliphatic rings. The minimum atomic E-state index is -0.572. The Balaban J connectivity index is 1.45. The summed E-state index contributed by atoms with van der Waals surface area (Å²) in [7, 11) is 2.11. The number of hydrogen-bond acceptors (Lipinski definition) is 6. The minimum absolute atomic E-state index is 0.0738. The lowest BCUT2D eigenvalue weighted by Crippen LogP contribution is -2.47. The van der Waals surface area contributed by atoms with Crippen LogP contribution < -0.4 is 10.2 Å². The van der Waals surface area contributed by atoms with Crippen LogP contribution >= 0.6 is 0 Å². The van der Waals surface area contributed by atoms with Gasteiger partial charge in [-0.2, -0.15) is 0 Å². The van der Waals surface area contributed by atoms with Crippen molar-refractivity contribution in [1.29, 1.82) is 0 Å². The largest absolute Gasteiger partial charge is 0.491 e. The molecule has 1 saturated heterocycles. The highest BCUT2D eigenvalue weighted by atomic mass is 16.5. The van der Waals surface area contributed by atoms with Crippen molar-refractivity contribution in [2.75, 3.05) is 46.4 Å². The van der Waals surface area contributed by atoms with E-state index in [4.69, 9.17) is 9.15 Å². The monoisotopic (exact) mass is 368 g/mol. The molecule has 3 aromatic rings. The Morgan fingerprint density at radius 3 is 2.63 bits per heavy atom. The molecule has 0 amide bonds. The first-order valence-corrected chi connectivity index (χ1v) is 9.27. The van der Waals surface area contributed by atoms with Crippen molar-refractivity contribution >= 4 is 21.9 Å². The number of ether oxygens (including phenoxy) is 1. The summed E-state index contributed by atoms with van der Waals surface area (Å²) >= 11 is 0. The molecule has 1 unspecified atom stereocenters. The van der Waals surface area contributed by atoms with Crippen LogP contribution in [0.25, 0.3) is 21.9 Å². The molecule has 0 bridgehead atoms. The lowest BCUT2D eigenvalue weighted by atomic mass is 10.1. The fourth-order valence-electron chi connectivity index (χ4n) is 3.45. The number of fused-ring (bicyclic) bond motifs is 2. The summed E-state index contributed by atoms with van der Waals surface area (Å²) in [6.45, 7) is 4.73. The average molecular weight is 368 g/mol. The molecule has 6 nitrogen and oxygen atoms in total. The van der Waals surface area contributed by atoms with Crippen LogP contribution in [-0.2, 0) is 0 Å². The zero-order chi connectivity index (χ0) is 18.8. The molecule has 1 N–H and O–H groups in total. The molecule has 142 valence electrons. The molecule has 1 atom stereocenters. The first-order chi connectivity index (χ1) is 13.1. The average Bonchev–Trinajstić information content (AvgIpc) is 2.69. The maximum atomic E-state index is 12.7. The van der Waals surface area contributed by atoms with Crippen LogP contribution in [0.2, 0.25) is 0 Å². The molecule has 0 spiro atoms. The van der Waals surface area contributed by atoms with E-state index in [2.05, 4.69) is 16.8 Å². The smallest absolute Gasteiger partial charge is 0.200 e. The molecule has 4 rings (SSSR count). The third-order valence-corrected chi connectivity index (χ3v) is 5.05. The highest BCUT2D eigenvalue weighted by Crippen LogP contribution is 2.22. The molecule has 6 heteroatoms. The van der Waals surface area contributed by atoms with Crippen LogP contribution in [0.5, 0.6) is 5.75 Å². The Hall–Kier alpha value is -2.41. The Bertz CT molecular complexity index is 992. The molecule has 1 aliphatic heterocycles. The molecule has 27 heavy (non-hydrogen) atoms. The zero-order valence-electron chi connectivity index (χ0n) is 15.4. The van der Waals surface area contributed by atoms with Crippen molar-refractivity contribution in [3.8, 4) is 5.75 Å². The number of piperazine rings is 1. The second-order valence-corrected chi connectivity index (χ2v) is 7.15. The van der Waals surface area contributed by atoms with E-state index in [0.29, 0.717) is 34.2 Å². The fourth-order valence-corrected chi connectivity index (χ4v) is 3.45. The molecular weight excluding hydrogens is 344 g/mol. The van der Waals surface area contributed by atoms with Crippen molar-refractivity contribution < 1.29 is 14.3 Å². The number of benzene rings is 2. The Morgan fingerprint density at radius 1 is 1.07 bits per heavy atom. The number of rotatable bonds is 5. The van der Waals surface area contributed by atoms with Crippen LogP contribution in [0.3, 0.4) is 0 Å². The van der Waals surface area contributed by atoms with Gasteiger partial charge in [0.15, 0.2) is 0 Å². The topological polar surface area (TPSA) is 66.2 Å². The Kier molecular flexibility index (Phi) is 5.11.